The molecule has 1 heterocycles. The molecule has 0 radical (unpaired) electrons. The monoisotopic (exact) mass is 212 g/mol. The van der Waals surface area contributed by atoms with Gasteiger partial charge in [0.25, 0.3) is 0 Å². The summed E-state index contributed by atoms with van der Waals surface area (Å²) in [4.78, 5) is 2.63. The minimum Gasteiger partial charge on any atom is -0.315 e. The van der Waals surface area contributed by atoms with Gasteiger partial charge >= 0.3 is 0 Å². The first-order valence-corrected chi connectivity index (χ1v) is 6.72. The normalized spacial score (nSPS) is 20.2. The third kappa shape index (κ3) is 6.91. The number of rotatable bonds is 5. The van der Waals surface area contributed by atoms with Gasteiger partial charge in [0.15, 0.2) is 0 Å². The van der Waals surface area contributed by atoms with Crippen LogP contribution in [0.5, 0.6) is 0 Å². The zero-order valence-corrected chi connectivity index (χ0v) is 10.6. The van der Waals surface area contributed by atoms with Gasteiger partial charge in [-0.25, -0.2) is 0 Å². The summed E-state index contributed by atoms with van der Waals surface area (Å²) in [5.74, 6) is 0.775. The van der Waals surface area contributed by atoms with Crippen LogP contribution in [0, 0.1) is 5.92 Å². The molecule has 0 aromatic heterocycles. The summed E-state index contributed by atoms with van der Waals surface area (Å²) >= 11 is 0. The highest BCUT2D eigenvalue weighted by molar-refractivity contribution is 4.64. The predicted octanol–water partition coefficient (Wildman–Crippen LogP) is 2.50. The maximum atomic E-state index is 3.53. The molecule has 0 aromatic carbocycles. The van der Waals surface area contributed by atoms with E-state index in [1.807, 2.05) is 0 Å². The fraction of sp³-hybridized carbons (Fsp3) is 1.00. The van der Waals surface area contributed by atoms with Crippen LogP contribution in [0.1, 0.15) is 46.0 Å². The second-order valence-electron chi connectivity index (χ2n) is 5.21. The summed E-state index contributed by atoms with van der Waals surface area (Å²) in [6.45, 7) is 10.7. The lowest BCUT2D eigenvalue weighted by molar-refractivity contribution is 0.246. The number of nitrogens with zero attached hydrogens (tertiary/aromatic N) is 1. The van der Waals surface area contributed by atoms with Crippen molar-refractivity contribution in [2.24, 2.45) is 5.92 Å². The SMILES string of the molecule is CC(C)CNCCN1CCCCCCC1. The minimum atomic E-state index is 0.775. The maximum Gasteiger partial charge on any atom is 0.0107 e. The molecule has 0 spiro atoms. The number of nitrogens with one attached hydrogen (secondary N) is 1. The molecule has 0 bridgehead atoms. The third-order valence-corrected chi connectivity index (χ3v) is 3.11. The van der Waals surface area contributed by atoms with Crippen molar-refractivity contribution in [2.45, 2.75) is 46.0 Å². The molecule has 0 unspecified atom stereocenters. The standard InChI is InChI=1S/C13H28N2/c1-13(2)12-14-8-11-15-9-6-4-3-5-7-10-15/h13-14H,3-12H2,1-2H3. The van der Waals surface area contributed by atoms with Crippen LogP contribution in [-0.4, -0.2) is 37.6 Å². The van der Waals surface area contributed by atoms with Crippen LogP contribution < -0.4 is 5.32 Å². The van der Waals surface area contributed by atoms with E-state index in [9.17, 15) is 0 Å². The highest BCUT2D eigenvalue weighted by Crippen LogP contribution is 2.09. The molecule has 0 aromatic rings. The first-order chi connectivity index (χ1) is 7.29. The summed E-state index contributed by atoms with van der Waals surface area (Å²) in [5.41, 5.74) is 0. The van der Waals surface area contributed by atoms with Crippen LogP contribution >= 0.6 is 0 Å². The van der Waals surface area contributed by atoms with E-state index in [0.29, 0.717) is 0 Å². The van der Waals surface area contributed by atoms with Gasteiger partial charge < -0.3 is 10.2 Å². The molecule has 0 aliphatic carbocycles. The van der Waals surface area contributed by atoms with E-state index in [-0.39, 0.29) is 0 Å². The molecule has 1 aliphatic heterocycles. The lowest BCUT2D eigenvalue weighted by atomic mass is 10.1. The smallest absolute Gasteiger partial charge is 0.0107 e. The average Bonchev–Trinajstić information content (AvgIpc) is 2.14. The number of hydrogen-bond donors (Lipinski definition) is 1. The van der Waals surface area contributed by atoms with Crippen molar-refractivity contribution in [3.8, 4) is 0 Å². The van der Waals surface area contributed by atoms with Crippen molar-refractivity contribution < 1.29 is 0 Å². The Morgan fingerprint density at radius 2 is 1.60 bits per heavy atom. The summed E-state index contributed by atoms with van der Waals surface area (Å²) in [6.07, 6.45) is 7.15. The van der Waals surface area contributed by atoms with E-state index in [1.54, 1.807) is 0 Å². The molecule has 1 aliphatic rings. The molecule has 2 nitrogen and oxygen atoms in total. The van der Waals surface area contributed by atoms with E-state index in [4.69, 9.17) is 0 Å². The van der Waals surface area contributed by atoms with Crippen LogP contribution in [0.25, 0.3) is 0 Å². The fourth-order valence-corrected chi connectivity index (χ4v) is 2.16. The predicted molar refractivity (Wildman–Crippen MR) is 67.2 cm³/mol. The molecular weight excluding hydrogens is 184 g/mol. The third-order valence-electron chi connectivity index (χ3n) is 3.11. The van der Waals surface area contributed by atoms with Crippen molar-refractivity contribution in [3.63, 3.8) is 0 Å². The zero-order valence-electron chi connectivity index (χ0n) is 10.6. The Bertz CT molecular complexity index is 137. The molecule has 0 saturated carbocycles. The van der Waals surface area contributed by atoms with Crippen molar-refractivity contribution in [3.05, 3.63) is 0 Å². The van der Waals surface area contributed by atoms with Gasteiger partial charge in [0.2, 0.25) is 0 Å². The van der Waals surface area contributed by atoms with E-state index >= 15 is 0 Å². The van der Waals surface area contributed by atoms with E-state index in [0.717, 1.165) is 19.0 Å². The minimum absolute atomic E-state index is 0.775. The molecule has 1 N–H and O–H groups in total. The van der Waals surface area contributed by atoms with Gasteiger partial charge in [-0.15, -0.1) is 0 Å². The Labute approximate surface area is 95.4 Å². The molecule has 90 valence electrons. The van der Waals surface area contributed by atoms with E-state index in [1.165, 1.54) is 51.7 Å². The van der Waals surface area contributed by atoms with Gasteiger partial charge in [0.05, 0.1) is 0 Å². The summed E-state index contributed by atoms with van der Waals surface area (Å²) < 4.78 is 0. The Morgan fingerprint density at radius 3 is 2.20 bits per heavy atom. The van der Waals surface area contributed by atoms with Crippen molar-refractivity contribution in [1.82, 2.24) is 10.2 Å². The Kier molecular flexibility index (Phi) is 7.03. The summed E-state index contributed by atoms with van der Waals surface area (Å²) in [7, 11) is 0. The number of likely N-dealkylation sites (tertiary alicyclic amines) is 1. The molecule has 1 rings (SSSR count). The quantitative estimate of drug-likeness (QED) is 0.704. The molecule has 15 heavy (non-hydrogen) atoms. The van der Waals surface area contributed by atoms with Crippen molar-refractivity contribution >= 4 is 0 Å². The van der Waals surface area contributed by atoms with Gasteiger partial charge in [-0.1, -0.05) is 33.1 Å². The van der Waals surface area contributed by atoms with Crippen LogP contribution in [0.15, 0.2) is 0 Å². The summed E-state index contributed by atoms with van der Waals surface area (Å²) in [5, 5.41) is 3.53. The highest BCUT2D eigenvalue weighted by atomic mass is 15.1. The van der Waals surface area contributed by atoms with Crippen molar-refractivity contribution in [1.29, 1.82) is 0 Å². The van der Waals surface area contributed by atoms with Crippen LogP contribution in [-0.2, 0) is 0 Å². The maximum absolute atomic E-state index is 3.53. The highest BCUT2D eigenvalue weighted by Gasteiger charge is 2.06. The summed E-state index contributed by atoms with van der Waals surface area (Å²) in [6, 6.07) is 0. The van der Waals surface area contributed by atoms with Crippen LogP contribution in [0.4, 0.5) is 0 Å². The second kappa shape index (κ2) is 8.12. The largest absolute Gasteiger partial charge is 0.315 e. The van der Waals surface area contributed by atoms with Crippen LogP contribution in [0.3, 0.4) is 0 Å². The van der Waals surface area contributed by atoms with Gasteiger partial charge in [0.1, 0.15) is 0 Å². The zero-order chi connectivity index (χ0) is 10.9. The Morgan fingerprint density at radius 1 is 1.00 bits per heavy atom. The van der Waals surface area contributed by atoms with Gasteiger partial charge in [-0.3, -0.25) is 0 Å². The average molecular weight is 212 g/mol. The molecule has 0 amide bonds. The van der Waals surface area contributed by atoms with Gasteiger partial charge in [-0.05, 0) is 38.4 Å². The topological polar surface area (TPSA) is 15.3 Å². The first-order valence-electron chi connectivity index (χ1n) is 6.72. The molecule has 1 saturated heterocycles. The molecule has 1 fully saturated rings. The van der Waals surface area contributed by atoms with Gasteiger partial charge in [-0.2, -0.15) is 0 Å². The number of hydrogen-bond acceptors (Lipinski definition) is 2. The van der Waals surface area contributed by atoms with Crippen LogP contribution in [0.2, 0.25) is 0 Å². The lowest BCUT2D eigenvalue weighted by Gasteiger charge is -2.24. The first kappa shape index (κ1) is 13.0. The second-order valence-corrected chi connectivity index (χ2v) is 5.21. The van der Waals surface area contributed by atoms with E-state index in [2.05, 4.69) is 24.1 Å². The van der Waals surface area contributed by atoms with E-state index < -0.39 is 0 Å². The molecule has 0 atom stereocenters. The Balaban J connectivity index is 2.02. The van der Waals surface area contributed by atoms with Crippen molar-refractivity contribution in [2.75, 3.05) is 32.7 Å². The fourth-order valence-electron chi connectivity index (χ4n) is 2.16. The lowest BCUT2D eigenvalue weighted by Crippen LogP contribution is -2.35. The Hall–Kier alpha value is -0.0800. The molecule has 2 heteroatoms. The van der Waals surface area contributed by atoms with Gasteiger partial charge in [0, 0.05) is 13.1 Å². The molecular formula is C13H28N2.